The van der Waals surface area contributed by atoms with Crippen molar-refractivity contribution < 1.29 is 14.4 Å². The first kappa shape index (κ1) is 14.5. The van der Waals surface area contributed by atoms with Gasteiger partial charge in [0.25, 0.3) is 0 Å². The molecule has 0 bridgehead atoms. The first-order valence-corrected chi connectivity index (χ1v) is 6.81. The maximum Gasteiger partial charge on any atom is 0.139 e. The average molecular weight is 268 g/mol. The van der Waals surface area contributed by atoms with Gasteiger partial charge in [0, 0.05) is 25.5 Å². The van der Waals surface area contributed by atoms with E-state index < -0.39 is 0 Å². The Morgan fingerprint density at radius 2 is 2.16 bits per heavy atom. The molecule has 0 atom stereocenters. The molecule has 2 heterocycles. The summed E-state index contributed by atoms with van der Waals surface area (Å²) in [6, 6.07) is 1.93. The van der Waals surface area contributed by atoms with Gasteiger partial charge in [-0.1, -0.05) is 25.9 Å². The van der Waals surface area contributed by atoms with Gasteiger partial charge in [0.05, 0.1) is 31.1 Å². The van der Waals surface area contributed by atoms with E-state index in [0.29, 0.717) is 19.6 Å². The number of hydrogen-bond donors (Lipinski definition) is 2. The Kier molecular flexibility index (Phi) is 4.28. The standard InChI is InChI=1S/C14H24N2O3/c1-13(2,3)8-15-14(9-18-10-14)7-11-6-12(4-5-17)19-16-11/h6,15,17H,4-5,7-10H2,1-3H3. The van der Waals surface area contributed by atoms with E-state index in [4.69, 9.17) is 14.4 Å². The van der Waals surface area contributed by atoms with Crippen molar-refractivity contribution in [1.82, 2.24) is 10.5 Å². The zero-order valence-electron chi connectivity index (χ0n) is 12.0. The normalized spacial score (nSPS) is 18.3. The number of rotatable bonds is 6. The molecule has 0 aromatic carbocycles. The molecule has 0 radical (unpaired) electrons. The third-order valence-corrected chi connectivity index (χ3v) is 3.24. The molecule has 19 heavy (non-hydrogen) atoms. The predicted molar refractivity (Wildman–Crippen MR) is 72.0 cm³/mol. The van der Waals surface area contributed by atoms with Crippen molar-refractivity contribution in [3.63, 3.8) is 0 Å². The summed E-state index contributed by atoms with van der Waals surface area (Å²) in [6.45, 7) is 9.09. The van der Waals surface area contributed by atoms with Gasteiger partial charge in [-0.25, -0.2) is 0 Å². The van der Waals surface area contributed by atoms with E-state index in [9.17, 15) is 0 Å². The Morgan fingerprint density at radius 1 is 1.42 bits per heavy atom. The number of ether oxygens (including phenoxy) is 1. The minimum atomic E-state index is -0.0133. The van der Waals surface area contributed by atoms with Crippen LogP contribution in [0.25, 0.3) is 0 Å². The maximum atomic E-state index is 8.87. The van der Waals surface area contributed by atoms with Crippen LogP contribution in [-0.4, -0.2) is 42.2 Å². The first-order valence-electron chi connectivity index (χ1n) is 6.81. The molecular formula is C14H24N2O3. The van der Waals surface area contributed by atoms with Crippen LogP contribution in [0.1, 0.15) is 32.2 Å². The van der Waals surface area contributed by atoms with E-state index in [1.807, 2.05) is 6.07 Å². The topological polar surface area (TPSA) is 67.5 Å². The molecule has 108 valence electrons. The Hall–Kier alpha value is -0.910. The predicted octanol–water partition coefficient (Wildman–Crippen LogP) is 1.16. The molecule has 2 rings (SSSR count). The van der Waals surface area contributed by atoms with E-state index in [-0.39, 0.29) is 17.6 Å². The van der Waals surface area contributed by atoms with Gasteiger partial charge in [0.2, 0.25) is 0 Å². The van der Waals surface area contributed by atoms with Crippen LogP contribution in [0.3, 0.4) is 0 Å². The van der Waals surface area contributed by atoms with Crippen molar-refractivity contribution in [2.24, 2.45) is 5.41 Å². The van der Waals surface area contributed by atoms with Crippen molar-refractivity contribution in [1.29, 1.82) is 0 Å². The number of aliphatic hydroxyl groups is 1. The van der Waals surface area contributed by atoms with Gasteiger partial charge in [0.15, 0.2) is 0 Å². The van der Waals surface area contributed by atoms with Gasteiger partial charge >= 0.3 is 0 Å². The monoisotopic (exact) mass is 268 g/mol. The lowest BCUT2D eigenvalue weighted by molar-refractivity contribution is -0.0774. The summed E-state index contributed by atoms with van der Waals surface area (Å²) in [6.07, 6.45) is 1.32. The molecular weight excluding hydrogens is 244 g/mol. The Labute approximate surface area is 114 Å². The number of nitrogens with one attached hydrogen (secondary N) is 1. The smallest absolute Gasteiger partial charge is 0.139 e. The Balaban J connectivity index is 1.93. The van der Waals surface area contributed by atoms with Gasteiger partial charge in [-0.3, -0.25) is 0 Å². The fraction of sp³-hybridized carbons (Fsp3) is 0.786. The van der Waals surface area contributed by atoms with Crippen LogP contribution in [0.15, 0.2) is 10.6 Å². The van der Waals surface area contributed by atoms with Gasteiger partial charge in [-0.2, -0.15) is 0 Å². The van der Waals surface area contributed by atoms with Crippen LogP contribution in [-0.2, 0) is 17.6 Å². The SMILES string of the molecule is CC(C)(C)CNC1(Cc2cc(CCO)on2)COC1. The third-order valence-electron chi connectivity index (χ3n) is 3.24. The van der Waals surface area contributed by atoms with Crippen LogP contribution in [0.5, 0.6) is 0 Å². The highest BCUT2D eigenvalue weighted by Gasteiger charge is 2.39. The van der Waals surface area contributed by atoms with E-state index in [1.165, 1.54) is 0 Å². The van der Waals surface area contributed by atoms with E-state index in [2.05, 4.69) is 31.2 Å². The molecule has 1 aromatic heterocycles. The Bertz CT molecular complexity index is 405. The molecule has 1 aromatic rings. The molecule has 0 saturated carbocycles. The zero-order chi connectivity index (χ0) is 13.9. The van der Waals surface area contributed by atoms with Gasteiger partial charge < -0.3 is 19.7 Å². The molecule has 1 fully saturated rings. The molecule has 2 N–H and O–H groups in total. The lowest BCUT2D eigenvalue weighted by Crippen LogP contribution is -2.63. The molecule has 1 saturated heterocycles. The lowest BCUT2D eigenvalue weighted by atomic mass is 9.88. The number of hydrogen-bond acceptors (Lipinski definition) is 5. The van der Waals surface area contributed by atoms with Crippen molar-refractivity contribution in [2.75, 3.05) is 26.4 Å². The van der Waals surface area contributed by atoms with E-state index >= 15 is 0 Å². The van der Waals surface area contributed by atoms with Crippen molar-refractivity contribution in [3.8, 4) is 0 Å². The summed E-state index contributed by atoms with van der Waals surface area (Å²) in [5.74, 6) is 0.740. The lowest BCUT2D eigenvalue weighted by Gasteiger charge is -2.43. The average Bonchev–Trinajstić information content (AvgIpc) is 2.69. The summed E-state index contributed by atoms with van der Waals surface area (Å²) in [7, 11) is 0. The third kappa shape index (κ3) is 4.03. The molecule has 0 spiro atoms. The molecule has 1 aliphatic rings. The molecule has 0 aliphatic carbocycles. The van der Waals surface area contributed by atoms with Crippen LogP contribution < -0.4 is 5.32 Å². The minimum Gasteiger partial charge on any atom is -0.396 e. The van der Waals surface area contributed by atoms with Gasteiger partial charge in [-0.05, 0) is 5.41 Å². The van der Waals surface area contributed by atoms with Crippen molar-refractivity contribution >= 4 is 0 Å². The Morgan fingerprint density at radius 3 is 2.68 bits per heavy atom. The summed E-state index contributed by atoms with van der Waals surface area (Å²) < 4.78 is 10.6. The van der Waals surface area contributed by atoms with E-state index in [1.54, 1.807) is 0 Å². The summed E-state index contributed by atoms with van der Waals surface area (Å²) in [5.41, 5.74) is 1.16. The highest BCUT2D eigenvalue weighted by atomic mass is 16.5. The van der Waals surface area contributed by atoms with E-state index in [0.717, 1.165) is 24.4 Å². The summed E-state index contributed by atoms with van der Waals surface area (Å²) in [5, 5.41) is 16.5. The maximum absolute atomic E-state index is 8.87. The minimum absolute atomic E-state index is 0.0133. The number of aromatic nitrogens is 1. The molecule has 5 nitrogen and oxygen atoms in total. The van der Waals surface area contributed by atoms with Crippen LogP contribution in [0.4, 0.5) is 0 Å². The van der Waals surface area contributed by atoms with Crippen molar-refractivity contribution in [3.05, 3.63) is 17.5 Å². The fourth-order valence-corrected chi connectivity index (χ4v) is 2.08. The second kappa shape index (κ2) is 5.61. The highest BCUT2D eigenvalue weighted by molar-refractivity contribution is 5.12. The van der Waals surface area contributed by atoms with Crippen LogP contribution in [0, 0.1) is 5.41 Å². The zero-order valence-corrected chi connectivity index (χ0v) is 12.0. The molecule has 0 amide bonds. The summed E-state index contributed by atoms with van der Waals surface area (Å²) >= 11 is 0. The van der Waals surface area contributed by atoms with Gasteiger partial charge in [0.1, 0.15) is 5.76 Å². The van der Waals surface area contributed by atoms with Crippen LogP contribution >= 0.6 is 0 Å². The second-order valence-electron chi connectivity index (χ2n) is 6.62. The van der Waals surface area contributed by atoms with Crippen LogP contribution in [0.2, 0.25) is 0 Å². The summed E-state index contributed by atoms with van der Waals surface area (Å²) in [4.78, 5) is 0. The highest BCUT2D eigenvalue weighted by Crippen LogP contribution is 2.24. The van der Waals surface area contributed by atoms with Gasteiger partial charge in [-0.15, -0.1) is 0 Å². The van der Waals surface area contributed by atoms with Crippen molar-refractivity contribution in [2.45, 2.75) is 39.2 Å². The molecule has 0 unspecified atom stereocenters. The number of nitrogens with zero attached hydrogens (tertiary/aromatic N) is 1. The quantitative estimate of drug-likeness (QED) is 0.810. The first-order chi connectivity index (χ1) is 8.92. The largest absolute Gasteiger partial charge is 0.396 e. The fourth-order valence-electron chi connectivity index (χ4n) is 2.08. The number of aliphatic hydroxyl groups excluding tert-OH is 1. The molecule has 1 aliphatic heterocycles. The second-order valence-corrected chi connectivity index (χ2v) is 6.62. The molecule has 5 heteroatoms.